The molecular weight excluding hydrogens is 361 g/mol. The number of halogens is 2. The zero-order chi connectivity index (χ0) is 18.8. The second-order valence-corrected chi connectivity index (χ2v) is 5.96. The molecule has 0 aliphatic heterocycles. The van der Waals surface area contributed by atoms with Crippen molar-refractivity contribution in [2.45, 2.75) is 6.54 Å². The highest BCUT2D eigenvalue weighted by atomic mass is 35.5. The summed E-state index contributed by atoms with van der Waals surface area (Å²) in [5.74, 6) is -1.03. The monoisotopic (exact) mass is 375 g/mol. The van der Waals surface area contributed by atoms with Gasteiger partial charge in [0.1, 0.15) is 17.1 Å². The van der Waals surface area contributed by atoms with Crippen LogP contribution >= 0.6 is 11.6 Å². The fourth-order valence-electron chi connectivity index (χ4n) is 2.73. The third-order valence-corrected chi connectivity index (χ3v) is 4.47. The first-order chi connectivity index (χ1) is 12.5. The predicted octanol–water partition coefficient (Wildman–Crippen LogP) is 3.64. The topological polar surface area (TPSA) is 57.5 Å². The molecule has 5 nitrogen and oxygen atoms in total. The Morgan fingerprint density at radius 3 is 2.46 bits per heavy atom. The lowest BCUT2D eigenvalue weighted by Gasteiger charge is -2.14. The zero-order valence-corrected chi connectivity index (χ0v) is 14.8. The summed E-state index contributed by atoms with van der Waals surface area (Å²) in [6.07, 6.45) is 0. The second kappa shape index (κ2) is 7.17. The summed E-state index contributed by atoms with van der Waals surface area (Å²) < 4.78 is 25.5. The zero-order valence-electron chi connectivity index (χ0n) is 14.1. The molecule has 134 valence electrons. The van der Waals surface area contributed by atoms with Gasteiger partial charge in [0.2, 0.25) is 0 Å². The van der Waals surface area contributed by atoms with Gasteiger partial charge in [0.15, 0.2) is 0 Å². The fraction of sp³-hybridized carbons (Fsp3) is 0.158. The molecule has 3 rings (SSSR count). The molecule has 0 fully saturated rings. The van der Waals surface area contributed by atoms with Crippen molar-refractivity contribution in [1.29, 1.82) is 0 Å². The largest absolute Gasteiger partial charge is 0.497 e. The Morgan fingerprint density at radius 1 is 1.15 bits per heavy atom. The van der Waals surface area contributed by atoms with E-state index in [9.17, 15) is 14.0 Å². The first kappa shape index (κ1) is 17.9. The van der Waals surface area contributed by atoms with Crippen molar-refractivity contribution in [3.63, 3.8) is 0 Å². The van der Waals surface area contributed by atoms with Gasteiger partial charge in [0.05, 0.1) is 31.3 Å². The molecule has 0 saturated carbocycles. The van der Waals surface area contributed by atoms with Gasteiger partial charge in [-0.15, -0.1) is 0 Å². The number of hydrogen-bond acceptors (Lipinski definition) is 4. The highest BCUT2D eigenvalue weighted by Crippen LogP contribution is 2.30. The lowest BCUT2D eigenvalue weighted by atomic mass is 10.1. The van der Waals surface area contributed by atoms with Crippen molar-refractivity contribution >= 4 is 28.5 Å². The summed E-state index contributed by atoms with van der Waals surface area (Å²) in [4.78, 5) is 24.1. The van der Waals surface area contributed by atoms with Crippen molar-refractivity contribution in [3.8, 4) is 5.75 Å². The Bertz CT molecular complexity index is 1040. The summed E-state index contributed by atoms with van der Waals surface area (Å²) in [5.41, 5.74) is 0.461. The molecule has 26 heavy (non-hydrogen) atoms. The van der Waals surface area contributed by atoms with Crippen LogP contribution in [0.3, 0.4) is 0 Å². The first-order valence-corrected chi connectivity index (χ1v) is 8.07. The number of hydrogen-bond donors (Lipinski definition) is 0. The van der Waals surface area contributed by atoms with Gasteiger partial charge in [0, 0.05) is 11.5 Å². The maximum absolute atomic E-state index is 14.4. The molecule has 0 aliphatic carbocycles. The number of nitrogens with zero attached hydrogens (tertiary/aromatic N) is 1. The number of rotatable bonds is 4. The molecule has 0 atom stereocenters. The van der Waals surface area contributed by atoms with Crippen LogP contribution in [0.1, 0.15) is 15.9 Å². The van der Waals surface area contributed by atoms with E-state index in [1.807, 2.05) is 12.1 Å². The summed E-state index contributed by atoms with van der Waals surface area (Å²) in [6, 6.07) is 11.1. The van der Waals surface area contributed by atoms with E-state index in [1.54, 1.807) is 19.2 Å². The minimum Gasteiger partial charge on any atom is -0.497 e. The van der Waals surface area contributed by atoms with Gasteiger partial charge in [-0.25, -0.2) is 9.18 Å². The minimum absolute atomic E-state index is 0.0877. The number of esters is 1. The number of benzene rings is 2. The second-order valence-electron chi connectivity index (χ2n) is 5.58. The van der Waals surface area contributed by atoms with Crippen LogP contribution in [0.5, 0.6) is 5.75 Å². The van der Waals surface area contributed by atoms with Crippen LogP contribution in [0.2, 0.25) is 5.02 Å². The quantitative estimate of drug-likeness (QED) is 0.653. The van der Waals surface area contributed by atoms with Crippen molar-refractivity contribution in [2.24, 2.45) is 0 Å². The van der Waals surface area contributed by atoms with E-state index in [-0.39, 0.29) is 22.7 Å². The van der Waals surface area contributed by atoms with Crippen LogP contribution in [-0.2, 0) is 11.3 Å². The van der Waals surface area contributed by atoms with E-state index in [4.69, 9.17) is 16.3 Å². The van der Waals surface area contributed by atoms with E-state index >= 15 is 0 Å². The van der Waals surface area contributed by atoms with Crippen LogP contribution in [0.4, 0.5) is 4.39 Å². The molecular formula is C19H15ClFNO4. The third-order valence-electron chi connectivity index (χ3n) is 4.07. The Balaban J connectivity index is 2.17. The highest BCUT2D eigenvalue weighted by molar-refractivity contribution is 6.38. The maximum Gasteiger partial charge on any atom is 0.342 e. The van der Waals surface area contributed by atoms with Crippen molar-refractivity contribution < 1.29 is 18.7 Å². The molecule has 0 aliphatic rings. The lowest BCUT2D eigenvalue weighted by molar-refractivity contribution is 0.0596. The Labute approximate surface area is 153 Å². The molecule has 7 heteroatoms. The molecule has 0 saturated heterocycles. The SMILES string of the molecule is COC(=O)c1c(F)cc2c(ccc(=O)n2Cc2ccc(OC)cc2)c1Cl. The van der Waals surface area contributed by atoms with Crippen LogP contribution in [0.25, 0.3) is 10.9 Å². The molecule has 3 aromatic rings. The number of fused-ring (bicyclic) bond motifs is 1. The number of methoxy groups -OCH3 is 2. The number of carbonyl (C=O) groups is 1. The summed E-state index contributed by atoms with van der Waals surface area (Å²) in [5, 5.41) is 0.303. The maximum atomic E-state index is 14.4. The lowest BCUT2D eigenvalue weighted by Crippen LogP contribution is -2.20. The molecule has 1 aromatic heterocycles. The first-order valence-electron chi connectivity index (χ1n) is 7.69. The standard InChI is InChI=1S/C19H15ClFNO4/c1-25-12-5-3-11(4-6-12)10-22-15-9-14(21)17(19(24)26-2)18(20)13(15)7-8-16(22)23/h3-9H,10H2,1-2H3. The number of carbonyl (C=O) groups excluding carboxylic acids is 1. The van der Waals surface area contributed by atoms with Crippen LogP contribution in [-0.4, -0.2) is 24.8 Å². The van der Waals surface area contributed by atoms with Gasteiger partial charge < -0.3 is 14.0 Å². The highest BCUT2D eigenvalue weighted by Gasteiger charge is 2.21. The molecule has 0 N–H and O–H groups in total. The number of aromatic nitrogens is 1. The number of ether oxygens (including phenoxy) is 2. The Morgan fingerprint density at radius 2 is 1.85 bits per heavy atom. The summed E-state index contributed by atoms with van der Waals surface area (Å²) in [6.45, 7) is 0.216. The third kappa shape index (κ3) is 3.15. The summed E-state index contributed by atoms with van der Waals surface area (Å²) in [7, 11) is 2.71. The van der Waals surface area contributed by atoms with E-state index < -0.39 is 11.8 Å². The predicted molar refractivity (Wildman–Crippen MR) is 96.6 cm³/mol. The van der Waals surface area contributed by atoms with E-state index in [0.717, 1.165) is 18.7 Å². The van der Waals surface area contributed by atoms with Gasteiger partial charge in [0.25, 0.3) is 5.56 Å². The van der Waals surface area contributed by atoms with Gasteiger partial charge in [-0.3, -0.25) is 4.79 Å². The molecule has 0 spiro atoms. The minimum atomic E-state index is -0.873. The average Bonchev–Trinajstić information content (AvgIpc) is 2.64. The molecule has 2 aromatic carbocycles. The van der Waals surface area contributed by atoms with Crippen molar-refractivity contribution in [1.82, 2.24) is 4.57 Å². The van der Waals surface area contributed by atoms with Crippen LogP contribution < -0.4 is 10.3 Å². The van der Waals surface area contributed by atoms with E-state index in [1.165, 1.54) is 16.7 Å². The molecule has 0 radical (unpaired) electrons. The van der Waals surface area contributed by atoms with Gasteiger partial charge in [-0.05, 0) is 29.8 Å². The van der Waals surface area contributed by atoms with Crippen LogP contribution in [0.15, 0.2) is 47.3 Å². The van der Waals surface area contributed by atoms with Crippen LogP contribution in [0, 0.1) is 5.82 Å². The molecule has 0 unspecified atom stereocenters. The average molecular weight is 376 g/mol. The molecule has 0 bridgehead atoms. The Hall–Kier alpha value is -2.86. The Kier molecular flexibility index (Phi) is 4.95. The van der Waals surface area contributed by atoms with Gasteiger partial charge in [-0.1, -0.05) is 23.7 Å². The summed E-state index contributed by atoms with van der Waals surface area (Å²) >= 11 is 6.21. The molecule has 0 amide bonds. The van der Waals surface area contributed by atoms with Gasteiger partial charge in [-0.2, -0.15) is 0 Å². The van der Waals surface area contributed by atoms with Crippen molar-refractivity contribution in [3.05, 3.63) is 74.8 Å². The normalized spacial score (nSPS) is 10.8. The van der Waals surface area contributed by atoms with Crippen molar-refractivity contribution in [2.75, 3.05) is 14.2 Å². The van der Waals surface area contributed by atoms with E-state index in [2.05, 4.69) is 4.74 Å². The molecule has 1 heterocycles. The fourth-order valence-corrected chi connectivity index (χ4v) is 3.06. The smallest absolute Gasteiger partial charge is 0.342 e. The van der Waals surface area contributed by atoms with Gasteiger partial charge >= 0.3 is 5.97 Å². The number of pyridine rings is 1. The van der Waals surface area contributed by atoms with E-state index in [0.29, 0.717) is 16.7 Å².